The highest BCUT2D eigenvalue weighted by Gasteiger charge is 2.43. The zero-order valence-corrected chi connectivity index (χ0v) is 18.1. The number of non-ortho nitro benzene ring substituents is 1. The highest BCUT2D eigenvalue weighted by Crippen LogP contribution is 2.27. The van der Waals surface area contributed by atoms with Crippen LogP contribution in [0.5, 0.6) is 0 Å². The summed E-state index contributed by atoms with van der Waals surface area (Å²) in [6.07, 6.45) is 0.200. The van der Waals surface area contributed by atoms with Gasteiger partial charge in [-0.3, -0.25) is 19.2 Å². The predicted octanol–water partition coefficient (Wildman–Crippen LogP) is 1.39. The maximum atomic E-state index is 12.8. The van der Waals surface area contributed by atoms with Crippen LogP contribution in [0.15, 0.2) is 36.9 Å². The zero-order chi connectivity index (χ0) is 23.7. The Kier molecular flexibility index (Phi) is 9.26. The van der Waals surface area contributed by atoms with Crippen molar-refractivity contribution < 1.29 is 41.3 Å². The average molecular weight is 472 g/mol. The van der Waals surface area contributed by atoms with Crippen molar-refractivity contribution >= 4 is 28.2 Å². The van der Waals surface area contributed by atoms with Crippen LogP contribution in [0, 0.1) is 10.1 Å². The molecule has 3 atom stereocenters. The second kappa shape index (κ2) is 11.7. The number of nitrogens with zero attached hydrogens (tertiary/aromatic N) is 2. The summed E-state index contributed by atoms with van der Waals surface area (Å²) >= 11 is 0. The first kappa shape index (κ1) is 25.4. The molecular weight excluding hydrogens is 448 g/mol. The highest BCUT2D eigenvalue weighted by molar-refractivity contribution is 7.86. The third kappa shape index (κ3) is 7.67. The van der Waals surface area contributed by atoms with E-state index < -0.39 is 39.6 Å². The smallest absolute Gasteiger partial charge is 0.410 e. The molecule has 176 valence electrons. The van der Waals surface area contributed by atoms with Crippen molar-refractivity contribution in [2.45, 2.75) is 31.5 Å². The molecule has 0 N–H and O–H groups in total. The Morgan fingerprint density at radius 2 is 1.97 bits per heavy atom. The molecule has 1 aromatic rings. The first-order chi connectivity index (χ1) is 15.1. The van der Waals surface area contributed by atoms with Crippen LogP contribution < -0.4 is 0 Å². The Bertz CT molecular complexity index is 907. The van der Waals surface area contributed by atoms with Gasteiger partial charge in [-0.25, -0.2) is 4.79 Å². The molecule has 0 aliphatic carbocycles. The quantitative estimate of drug-likeness (QED) is 0.109. The van der Waals surface area contributed by atoms with Crippen molar-refractivity contribution in [3.05, 3.63) is 52.6 Å². The molecule has 1 aliphatic heterocycles. The SMILES string of the molecule is C=CCOC(OCC=O)[C@@H]1C[C@@H](OS(C)(=O)=O)CN1C(=O)OCc1ccc([N+](=O)[O-])cc1. The number of carbonyl (C=O) groups is 2. The van der Waals surface area contributed by atoms with Gasteiger partial charge in [0.2, 0.25) is 0 Å². The van der Waals surface area contributed by atoms with Gasteiger partial charge in [-0.1, -0.05) is 6.08 Å². The Balaban J connectivity index is 2.13. The molecule has 12 nitrogen and oxygen atoms in total. The van der Waals surface area contributed by atoms with Gasteiger partial charge in [0.05, 0.1) is 36.5 Å². The third-order valence-corrected chi connectivity index (χ3v) is 5.00. The standard InChI is InChI=1S/C19H24N2O10S/c1-3-9-28-18(29-10-8-22)17-11-16(31-32(2,26)27)12-20(17)19(23)30-13-14-4-6-15(7-5-14)21(24)25/h3-8,16-18H,1,9-13H2,2H3/t16-,17+,18?/m1/s1. The van der Waals surface area contributed by atoms with Crippen LogP contribution in [0.2, 0.25) is 0 Å². The number of hydrogen-bond acceptors (Lipinski definition) is 10. The maximum Gasteiger partial charge on any atom is 0.410 e. The van der Waals surface area contributed by atoms with Gasteiger partial charge in [0.25, 0.3) is 15.8 Å². The van der Waals surface area contributed by atoms with Crippen LogP contribution in [0.1, 0.15) is 12.0 Å². The average Bonchev–Trinajstić information content (AvgIpc) is 3.14. The Morgan fingerprint density at radius 1 is 1.31 bits per heavy atom. The Labute approximate surface area is 185 Å². The molecule has 0 bridgehead atoms. The summed E-state index contributed by atoms with van der Waals surface area (Å²) in [6, 6.07) is 4.66. The van der Waals surface area contributed by atoms with Gasteiger partial charge < -0.3 is 19.0 Å². The van der Waals surface area contributed by atoms with Gasteiger partial charge in [-0.05, 0) is 17.7 Å². The molecule has 1 aliphatic rings. The van der Waals surface area contributed by atoms with Gasteiger partial charge in [-0.2, -0.15) is 8.42 Å². The van der Waals surface area contributed by atoms with Crippen molar-refractivity contribution in [2.24, 2.45) is 0 Å². The van der Waals surface area contributed by atoms with Crippen LogP contribution in [0.4, 0.5) is 10.5 Å². The lowest BCUT2D eigenvalue weighted by Crippen LogP contribution is -2.45. The number of nitro benzene ring substituents is 1. The van der Waals surface area contributed by atoms with E-state index in [1.165, 1.54) is 35.2 Å². The third-order valence-electron chi connectivity index (χ3n) is 4.38. The van der Waals surface area contributed by atoms with E-state index in [2.05, 4.69) is 6.58 Å². The summed E-state index contributed by atoms with van der Waals surface area (Å²) in [5.74, 6) is 0. The minimum absolute atomic E-state index is 0.0559. The predicted molar refractivity (Wildman–Crippen MR) is 110 cm³/mol. The second-order valence-electron chi connectivity index (χ2n) is 6.85. The lowest BCUT2D eigenvalue weighted by atomic mass is 10.2. The second-order valence-corrected chi connectivity index (χ2v) is 8.45. The minimum atomic E-state index is -3.79. The van der Waals surface area contributed by atoms with Crippen LogP contribution in [0.25, 0.3) is 0 Å². The largest absolute Gasteiger partial charge is 0.445 e. The number of rotatable bonds is 12. The van der Waals surface area contributed by atoms with Crippen LogP contribution >= 0.6 is 0 Å². The fraction of sp³-hybridized carbons (Fsp3) is 0.474. The Hall–Kier alpha value is -2.87. The van der Waals surface area contributed by atoms with Crippen LogP contribution in [-0.4, -0.2) is 75.1 Å². The molecule has 1 saturated heterocycles. The van der Waals surface area contributed by atoms with Crippen molar-refractivity contribution in [3.8, 4) is 0 Å². The number of carbonyl (C=O) groups excluding carboxylic acids is 2. The molecule has 0 saturated carbocycles. The van der Waals surface area contributed by atoms with E-state index in [1.807, 2.05) is 0 Å². The molecule has 1 unspecified atom stereocenters. The number of ether oxygens (including phenoxy) is 3. The summed E-state index contributed by atoms with van der Waals surface area (Å²) in [6.45, 7) is 3.00. The number of benzene rings is 1. The van der Waals surface area contributed by atoms with Gasteiger partial charge in [0.15, 0.2) is 6.29 Å². The number of nitro groups is 1. The van der Waals surface area contributed by atoms with Gasteiger partial charge in [0, 0.05) is 18.6 Å². The van der Waals surface area contributed by atoms with Crippen LogP contribution in [-0.2, 0) is 39.9 Å². The summed E-state index contributed by atoms with van der Waals surface area (Å²) < 4.78 is 44.3. The number of likely N-dealkylation sites (tertiary alicyclic amines) is 1. The molecule has 1 heterocycles. The topological polar surface area (TPSA) is 152 Å². The van der Waals surface area contributed by atoms with Gasteiger partial charge in [-0.15, -0.1) is 6.58 Å². The van der Waals surface area contributed by atoms with Crippen LogP contribution in [0.3, 0.4) is 0 Å². The summed E-state index contributed by atoms with van der Waals surface area (Å²) in [4.78, 5) is 34.9. The molecule has 1 fully saturated rings. The fourth-order valence-electron chi connectivity index (χ4n) is 3.12. The molecule has 1 aromatic carbocycles. The molecule has 0 spiro atoms. The molecule has 32 heavy (non-hydrogen) atoms. The maximum absolute atomic E-state index is 12.8. The zero-order valence-electron chi connectivity index (χ0n) is 17.3. The van der Waals surface area contributed by atoms with Gasteiger partial charge in [0.1, 0.15) is 19.5 Å². The molecule has 1 amide bonds. The van der Waals surface area contributed by atoms with Crippen molar-refractivity contribution in [1.82, 2.24) is 4.90 Å². The van der Waals surface area contributed by atoms with Crippen molar-refractivity contribution in [1.29, 1.82) is 0 Å². The number of hydrogen-bond donors (Lipinski definition) is 0. The van der Waals surface area contributed by atoms with E-state index in [-0.39, 0.29) is 38.5 Å². The van der Waals surface area contributed by atoms with Gasteiger partial charge >= 0.3 is 6.09 Å². The lowest BCUT2D eigenvalue weighted by molar-refractivity contribution is -0.384. The lowest BCUT2D eigenvalue weighted by Gasteiger charge is -2.30. The molecule has 0 aromatic heterocycles. The number of amides is 1. The summed E-state index contributed by atoms with van der Waals surface area (Å²) in [5.41, 5.74) is 0.412. The normalized spacial score (nSPS) is 19.3. The van der Waals surface area contributed by atoms with Crippen molar-refractivity contribution in [3.63, 3.8) is 0 Å². The van der Waals surface area contributed by atoms with E-state index >= 15 is 0 Å². The molecular formula is C19H24N2O10S. The van der Waals surface area contributed by atoms with Crippen molar-refractivity contribution in [2.75, 3.05) is 26.0 Å². The molecule has 2 rings (SSSR count). The first-order valence-electron chi connectivity index (χ1n) is 9.47. The minimum Gasteiger partial charge on any atom is -0.445 e. The van der Waals surface area contributed by atoms with E-state index in [0.717, 1.165) is 6.26 Å². The van der Waals surface area contributed by atoms with E-state index in [9.17, 15) is 28.1 Å². The van der Waals surface area contributed by atoms with E-state index in [4.69, 9.17) is 18.4 Å². The number of aldehydes is 1. The summed E-state index contributed by atoms with van der Waals surface area (Å²) in [5, 5.41) is 10.7. The molecule has 13 heteroatoms. The monoisotopic (exact) mass is 472 g/mol. The van der Waals surface area contributed by atoms with E-state index in [1.54, 1.807) is 0 Å². The fourth-order valence-corrected chi connectivity index (χ4v) is 3.75. The highest BCUT2D eigenvalue weighted by atomic mass is 32.2. The Morgan fingerprint density at radius 3 is 2.53 bits per heavy atom. The molecule has 0 radical (unpaired) electrons. The van der Waals surface area contributed by atoms with E-state index in [0.29, 0.717) is 11.8 Å². The summed E-state index contributed by atoms with van der Waals surface area (Å²) in [7, 11) is -3.79. The first-order valence-corrected chi connectivity index (χ1v) is 11.3.